The van der Waals surface area contributed by atoms with Crippen LogP contribution in [0.15, 0.2) is 66.2 Å². The Balaban J connectivity index is 1.84. The van der Waals surface area contributed by atoms with Crippen LogP contribution in [0, 0.1) is 0 Å². The maximum absolute atomic E-state index is 12.6. The van der Waals surface area contributed by atoms with Crippen molar-refractivity contribution in [2.75, 3.05) is 5.32 Å². The largest absolute Gasteiger partial charge is 0.328 e. The highest BCUT2D eigenvalue weighted by atomic mass is 16.2. The zero-order valence-corrected chi connectivity index (χ0v) is 13.8. The van der Waals surface area contributed by atoms with Gasteiger partial charge in [-0.05, 0) is 12.1 Å². The lowest BCUT2D eigenvalue weighted by Crippen LogP contribution is -2.51. The molecule has 0 spiro atoms. The number of amides is 5. The summed E-state index contributed by atoms with van der Waals surface area (Å²) >= 11 is 0. The van der Waals surface area contributed by atoms with Gasteiger partial charge in [-0.2, -0.15) is 0 Å². The van der Waals surface area contributed by atoms with Crippen LogP contribution in [0.3, 0.4) is 0 Å². The molecule has 2 aromatic carbocycles. The van der Waals surface area contributed by atoms with Crippen molar-refractivity contribution in [1.82, 2.24) is 10.6 Å². The molecule has 0 saturated carbocycles. The number of barbiturate groups is 1. The van der Waals surface area contributed by atoms with Crippen molar-refractivity contribution < 1.29 is 24.0 Å². The fraction of sp³-hybridized carbons (Fsp3) is 0. The lowest BCUT2D eigenvalue weighted by molar-refractivity contribution is -0.124. The van der Waals surface area contributed by atoms with Gasteiger partial charge in [0.1, 0.15) is 5.57 Å². The first kappa shape index (κ1) is 17.7. The molecule has 0 unspecified atom stereocenters. The Bertz CT molecular complexity index is 973. The zero-order chi connectivity index (χ0) is 19.4. The third-order valence-corrected chi connectivity index (χ3v) is 3.68. The minimum atomic E-state index is -0.979. The van der Waals surface area contributed by atoms with E-state index in [-0.39, 0.29) is 17.0 Å². The molecule has 3 rings (SSSR count). The Labute approximate surface area is 153 Å². The van der Waals surface area contributed by atoms with E-state index < -0.39 is 29.3 Å². The molecule has 1 aliphatic rings. The first-order valence-electron chi connectivity index (χ1n) is 7.84. The Morgan fingerprint density at radius 1 is 0.815 bits per heavy atom. The molecular formula is C19H13N3O5. The molecule has 0 radical (unpaired) electrons. The number of hydrogen-bond acceptors (Lipinski definition) is 5. The van der Waals surface area contributed by atoms with Crippen molar-refractivity contribution in [3.8, 4) is 0 Å². The molecule has 1 aliphatic heterocycles. The topological polar surface area (TPSA) is 121 Å². The average molecular weight is 363 g/mol. The number of hydrogen-bond donors (Lipinski definition) is 3. The third-order valence-electron chi connectivity index (χ3n) is 3.68. The highest BCUT2D eigenvalue weighted by Crippen LogP contribution is 2.19. The molecule has 5 amide bonds. The highest BCUT2D eigenvalue weighted by Gasteiger charge is 2.28. The summed E-state index contributed by atoms with van der Waals surface area (Å²) in [6, 6.07) is 13.9. The molecular weight excluding hydrogens is 350 g/mol. The van der Waals surface area contributed by atoms with Gasteiger partial charge in [0.15, 0.2) is 5.78 Å². The minimum Gasteiger partial charge on any atom is -0.322 e. The van der Waals surface area contributed by atoms with Crippen LogP contribution in [0.4, 0.5) is 10.5 Å². The van der Waals surface area contributed by atoms with E-state index in [0.29, 0.717) is 5.56 Å². The van der Waals surface area contributed by atoms with Crippen LogP contribution in [-0.2, 0) is 14.4 Å². The van der Waals surface area contributed by atoms with Gasteiger partial charge in [-0.1, -0.05) is 42.5 Å². The van der Waals surface area contributed by atoms with E-state index in [1.54, 1.807) is 48.5 Å². The van der Waals surface area contributed by atoms with Gasteiger partial charge in [0.05, 0.1) is 5.69 Å². The van der Waals surface area contributed by atoms with E-state index in [2.05, 4.69) is 5.32 Å². The number of imide groups is 2. The monoisotopic (exact) mass is 363 g/mol. The first-order valence-corrected chi connectivity index (χ1v) is 7.84. The third kappa shape index (κ3) is 3.96. The normalized spacial score (nSPS) is 13.5. The number of anilines is 1. The van der Waals surface area contributed by atoms with E-state index in [9.17, 15) is 24.0 Å². The molecule has 1 saturated heterocycles. The molecule has 0 bridgehead atoms. The van der Waals surface area contributed by atoms with Crippen LogP contribution in [0.5, 0.6) is 0 Å². The Kier molecular flexibility index (Phi) is 4.89. The van der Waals surface area contributed by atoms with E-state index in [1.165, 1.54) is 6.07 Å². The SMILES string of the molecule is O=C(C=C1C(=O)NC(=O)NC1=O)Nc1ccccc1C(=O)c1ccccc1. The van der Waals surface area contributed by atoms with Crippen LogP contribution in [0.1, 0.15) is 15.9 Å². The number of nitrogens with one attached hydrogen (secondary N) is 3. The molecule has 0 atom stereocenters. The second-order valence-corrected chi connectivity index (χ2v) is 5.53. The van der Waals surface area contributed by atoms with Crippen molar-refractivity contribution in [2.24, 2.45) is 0 Å². The highest BCUT2D eigenvalue weighted by molar-refractivity contribution is 6.31. The number of ketones is 1. The summed E-state index contributed by atoms with van der Waals surface area (Å²) in [6.07, 6.45) is 0.765. The zero-order valence-electron chi connectivity index (χ0n) is 13.8. The maximum atomic E-state index is 12.6. The summed E-state index contributed by atoms with van der Waals surface area (Å²) in [5.74, 6) is -3.05. The van der Waals surface area contributed by atoms with Crippen molar-refractivity contribution in [3.63, 3.8) is 0 Å². The fourth-order valence-corrected chi connectivity index (χ4v) is 2.44. The van der Waals surface area contributed by atoms with Crippen molar-refractivity contribution >= 4 is 35.2 Å². The molecule has 0 aromatic heterocycles. The lowest BCUT2D eigenvalue weighted by Gasteiger charge is -2.14. The average Bonchev–Trinajstić information content (AvgIpc) is 2.65. The standard InChI is InChI=1S/C19H13N3O5/c23-15(10-13-17(25)21-19(27)22-18(13)26)20-14-9-5-4-8-12(14)16(24)11-6-2-1-3-7-11/h1-10H,(H,20,23)(H2,21,22,25,26,27). The second kappa shape index (κ2) is 7.44. The van der Waals surface area contributed by atoms with Gasteiger partial charge in [-0.25, -0.2) is 4.79 Å². The van der Waals surface area contributed by atoms with Gasteiger partial charge < -0.3 is 5.32 Å². The van der Waals surface area contributed by atoms with Gasteiger partial charge in [0.25, 0.3) is 11.8 Å². The minimum absolute atomic E-state index is 0.223. The van der Waals surface area contributed by atoms with E-state index >= 15 is 0 Å². The number of benzene rings is 2. The van der Waals surface area contributed by atoms with Crippen LogP contribution in [-0.4, -0.2) is 29.5 Å². The number of carbonyl (C=O) groups is 5. The Morgan fingerprint density at radius 3 is 2.07 bits per heavy atom. The summed E-state index contributed by atoms with van der Waals surface area (Å²) in [4.78, 5) is 59.2. The quantitative estimate of drug-likeness (QED) is 0.427. The lowest BCUT2D eigenvalue weighted by atomic mass is 10.0. The van der Waals surface area contributed by atoms with Gasteiger partial charge in [0, 0.05) is 17.2 Å². The summed E-state index contributed by atoms with van der Waals surface area (Å²) in [5.41, 5.74) is 0.408. The van der Waals surface area contributed by atoms with Gasteiger partial charge in [-0.3, -0.25) is 29.8 Å². The first-order chi connectivity index (χ1) is 13.0. The van der Waals surface area contributed by atoms with E-state index in [0.717, 1.165) is 6.08 Å². The second-order valence-electron chi connectivity index (χ2n) is 5.53. The summed E-state index contributed by atoms with van der Waals surface area (Å²) in [6.45, 7) is 0. The maximum Gasteiger partial charge on any atom is 0.328 e. The van der Waals surface area contributed by atoms with Crippen LogP contribution >= 0.6 is 0 Å². The predicted molar refractivity (Wildman–Crippen MR) is 94.7 cm³/mol. The smallest absolute Gasteiger partial charge is 0.322 e. The summed E-state index contributed by atoms with van der Waals surface area (Å²) in [5, 5.41) is 6.22. The molecule has 8 nitrogen and oxygen atoms in total. The van der Waals surface area contributed by atoms with Crippen LogP contribution in [0.2, 0.25) is 0 Å². The number of carbonyl (C=O) groups excluding carboxylic acids is 5. The number of para-hydroxylation sites is 1. The van der Waals surface area contributed by atoms with E-state index in [4.69, 9.17) is 0 Å². The molecule has 2 aromatic rings. The van der Waals surface area contributed by atoms with Gasteiger partial charge in [-0.15, -0.1) is 0 Å². The number of urea groups is 1. The predicted octanol–water partition coefficient (Wildman–Crippen LogP) is 1.15. The van der Waals surface area contributed by atoms with Crippen molar-refractivity contribution in [3.05, 3.63) is 77.4 Å². The summed E-state index contributed by atoms with van der Waals surface area (Å²) < 4.78 is 0. The fourth-order valence-electron chi connectivity index (χ4n) is 2.44. The Hall–Kier alpha value is -4.07. The molecule has 1 fully saturated rings. The van der Waals surface area contributed by atoms with Crippen molar-refractivity contribution in [2.45, 2.75) is 0 Å². The van der Waals surface area contributed by atoms with E-state index in [1.807, 2.05) is 10.6 Å². The molecule has 1 heterocycles. The molecule has 27 heavy (non-hydrogen) atoms. The van der Waals surface area contributed by atoms with Gasteiger partial charge >= 0.3 is 6.03 Å². The molecule has 3 N–H and O–H groups in total. The van der Waals surface area contributed by atoms with Gasteiger partial charge in [0.2, 0.25) is 5.91 Å². The van der Waals surface area contributed by atoms with Crippen molar-refractivity contribution in [1.29, 1.82) is 0 Å². The summed E-state index contributed by atoms with van der Waals surface area (Å²) in [7, 11) is 0. The Morgan fingerprint density at radius 2 is 1.41 bits per heavy atom. The van der Waals surface area contributed by atoms with Crippen LogP contribution in [0.25, 0.3) is 0 Å². The molecule has 8 heteroatoms. The number of rotatable bonds is 4. The van der Waals surface area contributed by atoms with Crippen LogP contribution < -0.4 is 16.0 Å². The molecule has 134 valence electrons. The molecule has 0 aliphatic carbocycles.